The molecule has 1 aromatic carbocycles. The van der Waals surface area contributed by atoms with Gasteiger partial charge in [0.15, 0.2) is 11.6 Å². The maximum atomic E-state index is 13.7. The Labute approximate surface area is 120 Å². The van der Waals surface area contributed by atoms with Crippen LogP contribution in [0.25, 0.3) is 0 Å². The topological polar surface area (TPSA) is 123 Å². The predicted molar refractivity (Wildman–Crippen MR) is 72.5 cm³/mol. The van der Waals surface area contributed by atoms with Crippen LogP contribution in [0.1, 0.15) is 18.8 Å². The van der Waals surface area contributed by atoms with Gasteiger partial charge < -0.3 is 10.5 Å². The number of nitrogens with zero attached hydrogens (tertiary/aromatic N) is 2. The lowest BCUT2D eigenvalue weighted by Crippen LogP contribution is -2.27. The van der Waals surface area contributed by atoms with E-state index in [1.165, 1.54) is 13.4 Å². The summed E-state index contributed by atoms with van der Waals surface area (Å²) in [5.41, 5.74) is 5.46. The fraction of sp³-hybridized carbons (Fsp3) is 0.273. The molecule has 2 rings (SSSR count). The Morgan fingerprint density at radius 2 is 2.19 bits per heavy atom. The Morgan fingerprint density at radius 3 is 2.71 bits per heavy atom. The summed E-state index contributed by atoms with van der Waals surface area (Å²) in [6.45, 7) is 1.57. The molecule has 0 spiro atoms. The Bertz CT molecular complexity index is 709. The summed E-state index contributed by atoms with van der Waals surface area (Å²) in [5.74, 6) is -0.719. The molecule has 10 heteroatoms. The maximum absolute atomic E-state index is 13.7. The van der Waals surface area contributed by atoms with Crippen molar-refractivity contribution in [2.75, 3.05) is 12.8 Å². The quantitative estimate of drug-likeness (QED) is 0.693. The first kappa shape index (κ1) is 15.2. The number of anilines is 1. The number of halogens is 1. The van der Waals surface area contributed by atoms with Gasteiger partial charge in [-0.15, -0.1) is 0 Å². The van der Waals surface area contributed by atoms with Gasteiger partial charge in [-0.3, -0.25) is 5.10 Å². The van der Waals surface area contributed by atoms with Crippen molar-refractivity contribution in [3.05, 3.63) is 30.1 Å². The van der Waals surface area contributed by atoms with Gasteiger partial charge in [0.1, 0.15) is 12.2 Å². The van der Waals surface area contributed by atoms with Crippen molar-refractivity contribution >= 4 is 15.7 Å². The number of H-pyrrole nitrogens is 1. The lowest BCUT2D eigenvalue weighted by Gasteiger charge is -2.13. The zero-order valence-corrected chi connectivity index (χ0v) is 12.1. The molecule has 0 fully saturated rings. The average Bonchev–Trinajstić information content (AvgIpc) is 2.91. The second-order valence-electron chi connectivity index (χ2n) is 4.24. The van der Waals surface area contributed by atoms with Crippen LogP contribution in [0.5, 0.6) is 5.75 Å². The van der Waals surface area contributed by atoms with E-state index in [2.05, 4.69) is 19.9 Å². The molecule has 0 radical (unpaired) electrons. The highest BCUT2D eigenvalue weighted by atomic mass is 32.2. The molecule has 0 bridgehead atoms. The lowest BCUT2D eigenvalue weighted by molar-refractivity contribution is 0.388. The van der Waals surface area contributed by atoms with E-state index in [1.807, 2.05) is 0 Å². The van der Waals surface area contributed by atoms with E-state index in [0.717, 1.165) is 12.1 Å². The van der Waals surface area contributed by atoms with Gasteiger partial charge in [0.05, 0.1) is 23.7 Å². The van der Waals surface area contributed by atoms with Crippen molar-refractivity contribution in [2.45, 2.75) is 17.9 Å². The molecule has 0 saturated heterocycles. The minimum atomic E-state index is -3.97. The SMILES string of the molecule is COc1c(N)cc(S(=O)(=O)NC(C)c2ncn[nH]2)cc1F. The fourth-order valence-corrected chi connectivity index (χ4v) is 2.99. The maximum Gasteiger partial charge on any atom is 0.241 e. The molecule has 0 amide bonds. The normalized spacial score (nSPS) is 13.1. The fourth-order valence-electron chi connectivity index (χ4n) is 1.74. The van der Waals surface area contributed by atoms with Gasteiger partial charge in [-0.2, -0.15) is 5.10 Å². The van der Waals surface area contributed by atoms with Crippen molar-refractivity contribution in [1.82, 2.24) is 19.9 Å². The zero-order valence-electron chi connectivity index (χ0n) is 11.3. The van der Waals surface area contributed by atoms with E-state index >= 15 is 0 Å². The summed E-state index contributed by atoms with van der Waals surface area (Å²) in [6.07, 6.45) is 1.26. The number of hydrogen-bond donors (Lipinski definition) is 3. The third-order valence-electron chi connectivity index (χ3n) is 2.74. The van der Waals surface area contributed by atoms with Gasteiger partial charge in [-0.05, 0) is 19.1 Å². The summed E-state index contributed by atoms with van der Waals surface area (Å²) in [7, 11) is -2.73. The van der Waals surface area contributed by atoms with Crippen molar-refractivity contribution in [1.29, 1.82) is 0 Å². The standard InChI is InChI=1S/C11H14FN5O3S/c1-6(11-14-5-15-16-11)17-21(18,19)7-3-8(12)10(20-2)9(13)4-7/h3-6,17H,13H2,1-2H3,(H,14,15,16). The second kappa shape index (κ2) is 5.66. The number of nitrogens with one attached hydrogen (secondary N) is 2. The predicted octanol–water partition coefficient (Wildman–Crippen LogP) is 0.574. The van der Waals surface area contributed by atoms with Gasteiger partial charge in [0, 0.05) is 0 Å². The van der Waals surface area contributed by atoms with Gasteiger partial charge in [-0.25, -0.2) is 22.5 Å². The molecular formula is C11H14FN5O3S. The molecule has 0 saturated carbocycles. The molecule has 8 nitrogen and oxygen atoms in total. The number of aromatic nitrogens is 3. The summed E-state index contributed by atoms with van der Waals surface area (Å²) in [6, 6.07) is 1.30. The highest BCUT2D eigenvalue weighted by Gasteiger charge is 2.22. The Balaban J connectivity index is 2.32. The minimum absolute atomic E-state index is 0.106. The molecule has 21 heavy (non-hydrogen) atoms. The van der Waals surface area contributed by atoms with E-state index in [1.54, 1.807) is 6.92 Å². The van der Waals surface area contributed by atoms with Gasteiger partial charge >= 0.3 is 0 Å². The van der Waals surface area contributed by atoms with Crippen LogP contribution >= 0.6 is 0 Å². The number of aromatic amines is 1. The van der Waals surface area contributed by atoms with Crippen molar-refractivity contribution in [3.8, 4) is 5.75 Å². The minimum Gasteiger partial charge on any atom is -0.492 e. The van der Waals surface area contributed by atoms with Crippen LogP contribution in [-0.4, -0.2) is 30.7 Å². The molecule has 0 aliphatic carbocycles. The molecule has 4 N–H and O–H groups in total. The number of hydrogen-bond acceptors (Lipinski definition) is 6. The third kappa shape index (κ3) is 3.11. The van der Waals surface area contributed by atoms with Gasteiger partial charge in [-0.1, -0.05) is 0 Å². The molecule has 1 atom stereocenters. The van der Waals surface area contributed by atoms with Crippen molar-refractivity contribution in [2.24, 2.45) is 0 Å². The van der Waals surface area contributed by atoms with Crippen LogP contribution in [0.4, 0.5) is 10.1 Å². The number of methoxy groups -OCH3 is 1. The average molecular weight is 315 g/mol. The zero-order chi connectivity index (χ0) is 15.6. The molecule has 1 unspecified atom stereocenters. The molecule has 1 aromatic heterocycles. The Kier molecular flexibility index (Phi) is 4.09. The summed E-state index contributed by atoms with van der Waals surface area (Å²) >= 11 is 0. The smallest absolute Gasteiger partial charge is 0.241 e. The molecule has 2 aromatic rings. The molecule has 0 aliphatic rings. The highest BCUT2D eigenvalue weighted by molar-refractivity contribution is 7.89. The number of nitrogens with two attached hydrogens (primary N) is 1. The van der Waals surface area contributed by atoms with Crippen LogP contribution in [0.15, 0.2) is 23.4 Å². The van der Waals surface area contributed by atoms with E-state index in [4.69, 9.17) is 10.5 Å². The monoisotopic (exact) mass is 315 g/mol. The highest BCUT2D eigenvalue weighted by Crippen LogP contribution is 2.28. The summed E-state index contributed by atoms with van der Waals surface area (Å²) in [5, 5.41) is 6.17. The van der Waals surface area contributed by atoms with E-state index < -0.39 is 21.9 Å². The van der Waals surface area contributed by atoms with E-state index in [-0.39, 0.29) is 16.3 Å². The first-order valence-electron chi connectivity index (χ1n) is 5.85. The largest absolute Gasteiger partial charge is 0.492 e. The number of rotatable bonds is 5. The van der Waals surface area contributed by atoms with Crippen LogP contribution in [-0.2, 0) is 10.0 Å². The van der Waals surface area contributed by atoms with Gasteiger partial charge in [0.2, 0.25) is 10.0 Å². The second-order valence-corrected chi connectivity index (χ2v) is 5.96. The van der Waals surface area contributed by atoms with Gasteiger partial charge in [0.25, 0.3) is 0 Å². The Morgan fingerprint density at radius 1 is 1.48 bits per heavy atom. The third-order valence-corrected chi connectivity index (χ3v) is 4.26. The van der Waals surface area contributed by atoms with E-state index in [9.17, 15) is 12.8 Å². The molecular weight excluding hydrogens is 301 g/mol. The van der Waals surface area contributed by atoms with Crippen LogP contribution in [0, 0.1) is 5.82 Å². The van der Waals surface area contributed by atoms with E-state index in [0.29, 0.717) is 5.82 Å². The van der Waals surface area contributed by atoms with Crippen LogP contribution < -0.4 is 15.2 Å². The summed E-state index contributed by atoms with van der Waals surface area (Å²) in [4.78, 5) is 3.54. The number of ether oxygens (including phenoxy) is 1. The summed E-state index contributed by atoms with van der Waals surface area (Å²) < 4.78 is 45.2. The number of nitrogen functional groups attached to an aromatic ring is 1. The first-order chi connectivity index (χ1) is 9.85. The molecule has 1 heterocycles. The van der Waals surface area contributed by atoms with Crippen molar-refractivity contribution in [3.63, 3.8) is 0 Å². The number of sulfonamides is 1. The molecule has 114 valence electrons. The number of benzene rings is 1. The lowest BCUT2D eigenvalue weighted by atomic mass is 10.3. The molecule has 0 aliphatic heterocycles. The first-order valence-corrected chi connectivity index (χ1v) is 7.34. The van der Waals surface area contributed by atoms with Crippen LogP contribution in [0.2, 0.25) is 0 Å². The van der Waals surface area contributed by atoms with Crippen LogP contribution in [0.3, 0.4) is 0 Å². The van der Waals surface area contributed by atoms with Crippen molar-refractivity contribution < 1.29 is 17.5 Å². The Hall–Kier alpha value is -2.20.